The van der Waals surface area contributed by atoms with E-state index in [0.717, 1.165) is 19.3 Å². The molecule has 2 aliphatic rings. The molecule has 1 N–H and O–H groups in total. The van der Waals surface area contributed by atoms with Crippen LogP contribution in [0.2, 0.25) is 0 Å². The number of carbonyl (C=O) groups is 2. The fourth-order valence-corrected chi connectivity index (χ4v) is 3.20. The van der Waals surface area contributed by atoms with Crippen molar-refractivity contribution in [2.45, 2.75) is 32.1 Å². The van der Waals surface area contributed by atoms with Gasteiger partial charge in [0.15, 0.2) is 0 Å². The molecule has 1 aromatic heterocycles. The molecular formula is C19H25N3O3. The first-order valence-electron chi connectivity index (χ1n) is 9.03. The van der Waals surface area contributed by atoms with Crippen molar-refractivity contribution in [3.8, 4) is 0 Å². The number of nitrogens with one attached hydrogen (secondary N) is 1. The summed E-state index contributed by atoms with van der Waals surface area (Å²) in [6, 6.07) is 3.23. The maximum absolute atomic E-state index is 12.5. The average molecular weight is 343 g/mol. The molecule has 1 aliphatic heterocycles. The van der Waals surface area contributed by atoms with Crippen LogP contribution in [0, 0.1) is 0 Å². The van der Waals surface area contributed by atoms with Crippen LogP contribution < -0.4 is 5.32 Å². The predicted octanol–water partition coefficient (Wildman–Crippen LogP) is 2.17. The fraction of sp³-hybridized carbons (Fsp3) is 0.526. The SMILES string of the molecule is O=C(NCCC1=CCCCC1)c1cc(C(=O)N2CCOCC2)ccn1. The van der Waals surface area contributed by atoms with Crippen LogP contribution in [0.1, 0.15) is 53.0 Å². The van der Waals surface area contributed by atoms with Gasteiger partial charge < -0.3 is 15.0 Å². The summed E-state index contributed by atoms with van der Waals surface area (Å²) >= 11 is 0. The van der Waals surface area contributed by atoms with Crippen molar-refractivity contribution in [2.75, 3.05) is 32.8 Å². The van der Waals surface area contributed by atoms with Gasteiger partial charge >= 0.3 is 0 Å². The van der Waals surface area contributed by atoms with Crippen LogP contribution in [-0.2, 0) is 4.74 Å². The minimum Gasteiger partial charge on any atom is -0.378 e. The summed E-state index contributed by atoms with van der Waals surface area (Å²) in [5.41, 5.74) is 2.21. The van der Waals surface area contributed by atoms with E-state index in [9.17, 15) is 9.59 Å². The van der Waals surface area contributed by atoms with E-state index in [0.29, 0.717) is 38.4 Å². The normalized spacial score (nSPS) is 17.8. The first-order chi connectivity index (χ1) is 12.2. The standard InChI is InChI=1S/C19H25N3O3/c23-18(21-8-6-15-4-2-1-3-5-15)17-14-16(7-9-20-17)19(24)22-10-12-25-13-11-22/h4,7,9,14H,1-3,5-6,8,10-13H2,(H,21,23). The number of allylic oxidation sites excluding steroid dienone is 1. The lowest BCUT2D eigenvalue weighted by molar-refractivity contribution is 0.0303. The van der Waals surface area contributed by atoms with Crippen molar-refractivity contribution in [3.05, 3.63) is 41.2 Å². The molecule has 25 heavy (non-hydrogen) atoms. The highest BCUT2D eigenvalue weighted by Gasteiger charge is 2.20. The number of hydrogen-bond acceptors (Lipinski definition) is 4. The number of aromatic nitrogens is 1. The summed E-state index contributed by atoms with van der Waals surface area (Å²) in [6.07, 6.45) is 9.49. The molecule has 2 amide bonds. The van der Waals surface area contributed by atoms with E-state index in [2.05, 4.69) is 16.4 Å². The molecule has 0 saturated carbocycles. The minimum atomic E-state index is -0.229. The Bertz CT molecular complexity index is 651. The van der Waals surface area contributed by atoms with Gasteiger partial charge in [-0.25, -0.2) is 0 Å². The number of ether oxygens (including phenoxy) is 1. The highest BCUT2D eigenvalue weighted by molar-refractivity contribution is 5.98. The van der Waals surface area contributed by atoms with Gasteiger partial charge in [0.2, 0.25) is 0 Å². The van der Waals surface area contributed by atoms with Gasteiger partial charge in [-0.05, 0) is 44.2 Å². The quantitative estimate of drug-likeness (QED) is 0.832. The maximum atomic E-state index is 12.5. The largest absolute Gasteiger partial charge is 0.378 e. The van der Waals surface area contributed by atoms with Gasteiger partial charge in [0, 0.05) is 31.4 Å². The van der Waals surface area contributed by atoms with E-state index in [1.165, 1.54) is 24.6 Å². The van der Waals surface area contributed by atoms with Gasteiger partial charge in [-0.1, -0.05) is 11.6 Å². The second-order valence-corrected chi connectivity index (χ2v) is 6.45. The van der Waals surface area contributed by atoms with E-state index in [1.807, 2.05) is 0 Å². The number of amides is 2. The van der Waals surface area contributed by atoms with Gasteiger partial charge in [-0.2, -0.15) is 0 Å². The number of carbonyl (C=O) groups excluding carboxylic acids is 2. The molecule has 2 heterocycles. The first kappa shape index (κ1) is 17.6. The van der Waals surface area contributed by atoms with Crippen LogP contribution in [0.3, 0.4) is 0 Å². The van der Waals surface area contributed by atoms with Gasteiger partial charge in [-0.15, -0.1) is 0 Å². The van der Waals surface area contributed by atoms with Crippen LogP contribution in [-0.4, -0.2) is 54.5 Å². The van der Waals surface area contributed by atoms with Gasteiger partial charge in [0.05, 0.1) is 13.2 Å². The molecule has 0 unspecified atom stereocenters. The average Bonchev–Trinajstić information content (AvgIpc) is 2.69. The van der Waals surface area contributed by atoms with Crippen LogP contribution in [0.4, 0.5) is 0 Å². The summed E-state index contributed by atoms with van der Waals surface area (Å²) in [7, 11) is 0. The molecule has 0 bridgehead atoms. The number of hydrogen-bond donors (Lipinski definition) is 1. The lowest BCUT2D eigenvalue weighted by Gasteiger charge is -2.26. The Labute approximate surface area is 148 Å². The van der Waals surface area contributed by atoms with Gasteiger partial charge in [-0.3, -0.25) is 14.6 Å². The molecule has 6 nitrogen and oxygen atoms in total. The first-order valence-corrected chi connectivity index (χ1v) is 9.03. The van der Waals surface area contributed by atoms with Crippen LogP contribution in [0.15, 0.2) is 30.0 Å². The Morgan fingerprint density at radius 2 is 2.08 bits per heavy atom. The third-order valence-electron chi connectivity index (χ3n) is 4.65. The molecule has 1 aromatic rings. The van der Waals surface area contributed by atoms with Gasteiger partial charge in [0.25, 0.3) is 11.8 Å². The Hall–Kier alpha value is -2.21. The van der Waals surface area contributed by atoms with Crippen molar-refractivity contribution < 1.29 is 14.3 Å². The maximum Gasteiger partial charge on any atom is 0.269 e. The molecule has 6 heteroatoms. The molecule has 0 aromatic carbocycles. The molecule has 134 valence electrons. The molecule has 0 atom stereocenters. The lowest BCUT2D eigenvalue weighted by Crippen LogP contribution is -2.40. The topological polar surface area (TPSA) is 71.5 Å². The van der Waals surface area contributed by atoms with Crippen molar-refractivity contribution in [1.29, 1.82) is 0 Å². The molecule has 3 rings (SSSR count). The van der Waals surface area contributed by atoms with E-state index in [1.54, 1.807) is 17.0 Å². The van der Waals surface area contributed by atoms with Crippen LogP contribution in [0.25, 0.3) is 0 Å². The molecule has 1 fully saturated rings. The molecular weight excluding hydrogens is 318 g/mol. The molecule has 1 aliphatic carbocycles. The van der Waals surface area contributed by atoms with Gasteiger partial charge in [0.1, 0.15) is 5.69 Å². The van der Waals surface area contributed by atoms with E-state index in [4.69, 9.17) is 4.74 Å². The number of morpholine rings is 1. The third-order valence-corrected chi connectivity index (χ3v) is 4.65. The third kappa shape index (κ3) is 4.89. The van der Waals surface area contributed by atoms with Crippen molar-refractivity contribution in [2.24, 2.45) is 0 Å². The Balaban J connectivity index is 1.55. The van der Waals surface area contributed by atoms with Crippen molar-refractivity contribution in [3.63, 3.8) is 0 Å². The van der Waals surface area contributed by atoms with E-state index >= 15 is 0 Å². The molecule has 0 spiro atoms. The highest BCUT2D eigenvalue weighted by Crippen LogP contribution is 2.19. The Kier molecular flexibility index (Phi) is 6.17. The number of rotatable bonds is 5. The minimum absolute atomic E-state index is 0.0767. The monoisotopic (exact) mass is 343 g/mol. The molecule has 0 radical (unpaired) electrons. The van der Waals surface area contributed by atoms with Crippen LogP contribution in [0.5, 0.6) is 0 Å². The van der Waals surface area contributed by atoms with Crippen molar-refractivity contribution >= 4 is 11.8 Å². The van der Waals surface area contributed by atoms with Crippen LogP contribution >= 0.6 is 0 Å². The smallest absolute Gasteiger partial charge is 0.269 e. The van der Waals surface area contributed by atoms with Crippen molar-refractivity contribution in [1.82, 2.24) is 15.2 Å². The fourth-order valence-electron chi connectivity index (χ4n) is 3.20. The predicted molar refractivity (Wildman–Crippen MR) is 94.5 cm³/mol. The zero-order valence-electron chi connectivity index (χ0n) is 14.5. The molecule has 1 saturated heterocycles. The Morgan fingerprint density at radius 1 is 1.24 bits per heavy atom. The summed E-state index contributed by atoms with van der Waals surface area (Å²) < 4.78 is 5.27. The lowest BCUT2D eigenvalue weighted by atomic mass is 9.97. The summed E-state index contributed by atoms with van der Waals surface area (Å²) in [5, 5.41) is 2.90. The number of pyridine rings is 1. The zero-order valence-corrected chi connectivity index (χ0v) is 14.5. The zero-order chi connectivity index (χ0) is 17.5. The second kappa shape index (κ2) is 8.76. The summed E-state index contributed by atoms with van der Waals surface area (Å²) in [5.74, 6) is -0.305. The highest BCUT2D eigenvalue weighted by atomic mass is 16.5. The Morgan fingerprint density at radius 3 is 2.84 bits per heavy atom. The van der Waals surface area contributed by atoms with E-state index < -0.39 is 0 Å². The number of nitrogens with zero attached hydrogens (tertiary/aromatic N) is 2. The van der Waals surface area contributed by atoms with E-state index in [-0.39, 0.29) is 17.5 Å². The second-order valence-electron chi connectivity index (χ2n) is 6.45. The summed E-state index contributed by atoms with van der Waals surface area (Å²) in [6.45, 7) is 2.88. The summed E-state index contributed by atoms with van der Waals surface area (Å²) in [4.78, 5) is 30.7.